The van der Waals surface area contributed by atoms with Crippen molar-refractivity contribution in [1.82, 2.24) is 0 Å². The summed E-state index contributed by atoms with van der Waals surface area (Å²) in [5.41, 5.74) is 0. The van der Waals surface area contributed by atoms with Gasteiger partial charge >= 0.3 is 10.2 Å². The standard InChI is InChI=1S/C11H13FO3S/c12-16(13,14)11-7-5-10(6-8-11)15-9-3-1-2-4-9/h5-9H,1-4H2. The van der Waals surface area contributed by atoms with E-state index in [9.17, 15) is 12.3 Å². The lowest BCUT2D eigenvalue weighted by Gasteiger charge is -2.12. The maximum Gasteiger partial charge on any atom is 0.332 e. The van der Waals surface area contributed by atoms with E-state index in [-0.39, 0.29) is 11.0 Å². The van der Waals surface area contributed by atoms with Gasteiger partial charge in [-0.1, -0.05) is 0 Å². The number of ether oxygens (including phenoxy) is 1. The molecule has 0 atom stereocenters. The maximum absolute atomic E-state index is 12.6. The lowest BCUT2D eigenvalue weighted by molar-refractivity contribution is 0.210. The van der Waals surface area contributed by atoms with Crippen LogP contribution in [0.25, 0.3) is 0 Å². The third kappa shape index (κ3) is 2.72. The van der Waals surface area contributed by atoms with Crippen molar-refractivity contribution in [2.75, 3.05) is 0 Å². The Morgan fingerprint density at radius 3 is 2.19 bits per heavy atom. The second-order valence-corrected chi connectivity index (χ2v) is 5.28. The van der Waals surface area contributed by atoms with Gasteiger partial charge in [0, 0.05) is 0 Å². The summed E-state index contributed by atoms with van der Waals surface area (Å²) >= 11 is 0. The smallest absolute Gasteiger partial charge is 0.332 e. The molecular formula is C11H13FO3S. The summed E-state index contributed by atoms with van der Waals surface area (Å²) in [6.07, 6.45) is 4.61. The molecule has 0 bridgehead atoms. The molecule has 0 N–H and O–H groups in total. The average molecular weight is 244 g/mol. The molecule has 1 aliphatic carbocycles. The zero-order chi connectivity index (χ0) is 11.6. The third-order valence-electron chi connectivity index (χ3n) is 2.71. The van der Waals surface area contributed by atoms with Gasteiger partial charge in [0.1, 0.15) is 5.75 Å². The van der Waals surface area contributed by atoms with Crippen molar-refractivity contribution in [3.05, 3.63) is 24.3 Å². The van der Waals surface area contributed by atoms with Gasteiger partial charge in [0.2, 0.25) is 0 Å². The van der Waals surface area contributed by atoms with Crippen LogP contribution < -0.4 is 4.74 Å². The molecule has 1 fully saturated rings. The van der Waals surface area contributed by atoms with Crippen LogP contribution in [-0.4, -0.2) is 14.5 Å². The summed E-state index contributed by atoms with van der Waals surface area (Å²) in [5, 5.41) is 0. The van der Waals surface area contributed by atoms with Gasteiger partial charge in [-0.25, -0.2) is 0 Å². The summed E-state index contributed by atoms with van der Waals surface area (Å²) in [7, 11) is -4.60. The summed E-state index contributed by atoms with van der Waals surface area (Å²) in [4.78, 5) is -0.328. The number of halogens is 1. The molecule has 0 amide bonds. The van der Waals surface area contributed by atoms with E-state index in [4.69, 9.17) is 4.74 Å². The van der Waals surface area contributed by atoms with Crippen LogP contribution in [0.4, 0.5) is 3.89 Å². The Kier molecular flexibility index (Phi) is 3.14. The summed E-state index contributed by atoms with van der Waals surface area (Å²) < 4.78 is 39.4. The molecule has 0 aromatic heterocycles. The third-order valence-corrected chi connectivity index (χ3v) is 3.55. The molecule has 5 heteroatoms. The van der Waals surface area contributed by atoms with Crippen molar-refractivity contribution in [2.45, 2.75) is 36.7 Å². The van der Waals surface area contributed by atoms with E-state index < -0.39 is 10.2 Å². The Labute approximate surface area is 94.5 Å². The predicted molar refractivity (Wildman–Crippen MR) is 57.6 cm³/mol. The number of rotatable bonds is 3. The Morgan fingerprint density at radius 1 is 1.12 bits per heavy atom. The zero-order valence-electron chi connectivity index (χ0n) is 8.73. The number of hydrogen-bond donors (Lipinski definition) is 0. The van der Waals surface area contributed by atoms with E-state index in [1.807, 2.05) is 0 Å². The molecule has 0 aliphatic heterocycles. The molecule has 1 saturated carbocycles. The lowest BCUT2D eigenvalue weighted by atomic mass is 10.3. The highest BCUT2D eigenvalue weighted by Gasteiger charge is 2.17. The van der Waals surface area contributed by atoms with Crippen LogP contribution >= 0.6 is 0 Å². The fraction of sp³-hybridized carbons (Fsp3) is 0.455. The molecule has 0 radical (unpaired) electrons. The van der Waals surface area contributed by atoms with E-state index in [2.05, 4.69) is 0 Å². The van der Waals surface area contributed by atoms with E-state index in [0.717, 1.165) is 12.8 Å². The minimum absolute atomic E-state index is 0.216. The zero-order valence-corrected chi connectivity index (χ0v) is 9.54. The van der Waals surface area contributed by atoms with Crippen LogP contribution in [0.15, 0.2) is 29.2 Å². The van der Waals surface area contributed by atoms with Gasteiger partial charge in [-0.3, -0.25) is 0 Å². The first-order valence-corrected chi connectivity index (χ1v) is 6.65. The number of benzene rings is 1. The largest absolute Gasteiger partial charge is 0.490 e. The van der Waals surface area contributed by atoms with Crippen molar-refractivity contribution >= 4 is 10.2 Å². The minimum Gasteiger partial charge on any atom is -0.490 e. The average Bonchev–Trinajstić information content (AvgIpc) is 2.70. The van der Waals surface area contributed by atoms with Gasteiger partial charge < -0.3 is 4.74 Å². The van der Waals surface area contributed by atoms with Crippen LogP contribution in [0.2, 0.25) is 0 Å². The summed E-state index contributed by atoms with van der Waals surface area (Å²) in [5.74, 6) is 0.597. The van der Waals surface area contributed by atoms with E-state index in [1.165, 1.54) is 37.1 Å². The second kappa shape index (κ2) is 4.41. The topological polar surface area (TPSA) is 43.4 Å². The Bertz CT molecular complexity index is 447. The van der Waals surface area contributed by atoms with Gasteiger partial charge in [-0.05, 0) is 49.9 Å². The van der Waals surface area contributed by atoms with Gasteiger partial charge in [0.25, 0.3) is 0 Å². The van der Waals surface area contributed by atoms with Gasteiger partial charge in [-0.15, -0.1) is 3.89 Å². The quantitative estimate of drug-likeness (QED) is 0.768. The Hall–Kier alpha value is -1.10. The molecule has 88 valence electrons. The molecule has 1 aromatic carbocycles. The molecule has 16 heavy (non-hydrogen) atoms. The first kappa shape index (κ1) is 11.4. The molecule has 0 saturated heterocycles. The SMILES string of the molecule is O=S(=O)(F)c1ccc(OC2CCCC2)cc1. The molecule has 1 aliphatic rings. The van der Waals surface area contributed by atoms with Gasteiger partial charge in [-0.2, -0.15) is 8.42 Å². The van der Waals surface area contributed by atoms with E-state index in [0.29, 0.717) is 5.75 Å². The van der Waals surface area contributed by atoms with Crippen molar-refractivity contribution in [3.8, 4) is 5.75 Å². The first-order chi connectivity index (χ1) is 7.55. The minimum atomic E-state index is -4.60. The highest BCUT2D eigenvalue weighted by atomic mass is 32.3. The molecule has 2 rings (SSSR count). The molecule has 0 spiro atoms. The van der Waals surface area contributed by atoms with Crippen molar-refractivity contribution in [3.63, 3.8) is 0 Å². The van der Waals surface area contributed by atoms with Crippen LogP contribution in [0, 0.1) is 0 Å². The van der Waals surface area contributed by atoms with E-state index in [1.54, 1.807) is 0 Å². The molecule has 0 unspecified atom stereocenters. The molecule has 1 aromatic rings. The summed E-state index contributed by atoms with van der Waals surface area (Å²) in [6, 6.07) is 5.43. The Balaban J connectivity index is 2.07. The fourth-order valence-electron chi connectivity index (χ4n) is 1.88. The molecule has 0 heterocycles. The predicted octanol–water partition coefficient (Wildman–Crippen LogP) is 2.67. The number of hydrogen-bond acceptors (Lipinski definition) is 3. The van der Waals surface area contributed by atoms with Crippen molar-refractivity contribution in [1.29, 1.82) is 0 Å². The van der Waals surface area contributed by atoms with Crippen LogP contribution in [0.3, 0.4) is 0 Å². The van der Waals surface area contributed by atoms with Gasteiger partial charge in [0.15, 0.2) is 0 Å². The Morgan fingerprint density at radius 2 is 1.69 bits per heavy atom. The highest BCUT2D eigenvalue weighted by Crippen LogP contribution is 2.25. The maximum atomic E-state index is 12.6. The lowest BCUT2D eigenvalue weighted by Crippen LogP contribution is -2.10. The molecule has 3 nitrogen and oxygen atoms in total. The second-order valence-electron chi connectivity index (χ2n) is 3.93. The normalized spacial score (nSPS) is 17.6. The van der Waals surface area contributed by atoms with Crippen molar-refractivity contribution in [2.24, 2.45) is 0 Å². The van der Waals surface area contributed by atoms with Crippen LogP contribution in [0.1, 0.15) is 25.7 Å². The monoisotopic (exact) mass is 244 g/mol. The van der Waals surface area contributed by atoms with Crippen LogP contribution in [-0.2, 0) is 10.2 Å². The highest BCUT2D eigenvalue weighted by molar-refractivity contribution is 7.86. The molecular weight excluding hydrogens is 231 g/mol. The van der Waals surface area contributed by atoms with Crippen molar-refractivity contribution < 1.29 is 17.0 Å². The van der Waals surface area contributed by atoms with E-state index >= 15 is 0 Å². The fourth-order valence-corrected chi connectivity index (χ4v) is 2.34. The first-order valence-electron chi connectivity index (χ1n) is 5.27. The summed E-state index contributed by atoms with van der Waals surface area (Å²) in [6.45, 7) is 0. The van der Waals surface area contributed by atoms with Gasteiger partial charge in [0.05, 0.1) is 11.0 Å². The van der Waals surface area contributed by atoms with Crippen LogP contribution in [0.5, 0.6) is 5.75 Å².